The largest absolute Gasteiger partial charge is 0.354 e. The summed E-state index contributed by atoms with van der Waals surface area (Å²) >= 11 is 0. The summed E-state index contributed by atoms with van der Waals surface area (Å²) in [6, 6.07) is 6.07. The lowest BCUT2D eigenvalue weighted by Gasteiger charge is -2.08. The number of hydrogen-bond acceptors (Lipinski definition) is 7. The molecule has 0 aliphatic rings. The SMILES string of the molecule is O=C(NCCCNc1ncccn1)c1ccc(-n2ccnc2)c([N+](=O)[O-])c1. The number of nitrogens with one attached hydrogen (secondary N) is 2. The summed E-state index contributed by atoms with van der Waals surface area (Å²) in [5, 5.41) is 17.1. The Bertz CT molecular complexity index is 914. The molecule has 138 valence electrons. The van der Waals surface area contributed by atoms with Gasteiger partial charge in [-0.1, -0.05) is 0 Å². The first-order valence-electron chi connectivity index (χ1n) is 8.21. The zero-order valence-electron chi connectivity index (χ0n) is 14.3. The summed E-state index contributed by atoms with van der Waals surface area (Å²) in [4.78, 5) is 35.0. The van der Waals surface area contributed by atoms with E-state index < -0.39 is 4.92 Å². The van der Waals surface area contributed by atoms with E-state index in [0.717, 1.165) is 0 Å². The number of carbonyl (C=O) groups excluding carboxylic acids is 1. The van der Waals surface area contributed by atoms with Crippen molar-refractivity contribution in [1.29, 1.82) is 0 Å². The number of carbonyl (C=O) groups is 1. The van der Waals surface area contributed by atoms with E-state index in [-0.39, 0.29) is 17.2 Å². The van der Waals surface area contributed by atoms with Crippen LogP contribution in [0.15, 0.2) is 55.4 Å². The maximum absolute atomic E-state index is 12.3. The summed E-state index contributed by atoms with van der Waals surface area (Å²) in [5.41, 5.74) is 0.412. The van der Waals surface area contributed by atoms with Gasteiger partial charge in [0.05, 0.1) is 11.3 Å². The van der Waals surface area contributed by atoms with E-state index in [1.165, 1.54) is 29.2 Å². The summed E-state index contributed by atoms with van der Waals surface area (Å²) in [7, 11) is 0. The van der Waals surface area contributed by atoms with Crippen LogP contribution in [0.3, 0.4) is 0 Å². The van der Waals surface area contributed by atoms with E-state index >= 15 is 0 Å². The molecule has 0 aliphatic heterocycles. The Morgan fingerprint density at radius 3 is 2.70 bits per heavy atom. The summed E-state index contributed by atoms with van der Waals surface area (Å²) in [6.07, 6.45) is 8.52. The van der Waals surface area contributed by atoms with Crippen molar-refractivity contribution in [2.24, 2.45) is 0 Å². The molecule has 2 aromatic heterocycles. The minimum atomic E-state index is -0.518. The molecule has 3 aromatic rings. The Kier molecular flexibility index (Phi) is 5.67. The van der Waals surface area contributed by atoms with Crippen LogP contribution in [0.25, 0.3) is 5.69 Å². The fraction of sp³-hybridized carbons (Fsp3) is 0.176. The standard InChI is InChI=1S/C17H17N7O3/c25-16(19-5-1-6-20-17-21-7-2-8-22-17)13-3-4-14(15(11-13)24(26)27)23-10-9-18-12-23/h2-4,7-12H,1,5-6H2,(H,19,25)(H,20,21,22). The van der Waals surface area contributed by atoms with Crippen LogP contribution in [0.5, 0.6) is 0 Å². The molecule has 0 fully saturated rings. The van der Waals surface area contributed by atoms with Crippen LogP contribution in [-0.2, 0) is 0 Å². The normalized spacial score (nSPS) is 10.4. The number of nitrogens with zero attached hydrogens (tertiary/aromatic N) is 5. The molecule has 1 amide bonds. The fourth-order valence-electron chi connectivity index (χ4n) is 2.41. The number of nitro benzene ring substituents is 1. The lowest BCUT2D eigenvalue weighted by Crippen LogP contribution is -2.26. The van der Waals surface area contributed by atoms with Gasteiger partial charge < -0.3 is 15.2 Å². The first kappa shape index (κ1) is 18.0. The van der Waals surface area contributed by atoms with Gasteiger partial charge in [0.2, 0.25) is 5.95 Å². The number of aromatic nitrogens is 4. The topological polar surface area (TPSA) is 128 Å². The summed E-state index contributed by atoms with van der Waals surface area (Å²) in [6.45, 7) is 1.000. The molecule has 0 radical (unpaired) electrons. The predicted molar refractivity (Wildman–Crippen MR) is 97.7 cm³/mol. The molecule has 2 heterocycles. The van der Waals surface area contributed by atoms with Crippen molar-refractivity contribution in [2.75, 3.05) is 18.4 Å². The van der Waals surface area contributed by atoms with Crippen molar-refractivity contribution >= 4 is 17.5 Å². The molecule has 27 heavy (non-hydrogen) atoms. The molecule has 0 bridgehead atoms. The van der Waals surface area contributed by atoms with Gasteiger partial charge in [0, 0.05) is 49.5 Å². The number of imidazole rings is 1. The molecule has 1 aromatic carbocycles. The van der Waals surface area contributed by atoms with E-state index in [9.17, 15) is 14.9 Å². The zero-order valence-corrected chi connectivity index (χ0v) is 14.3. The molecule has 0 atom stereocenters. The molecule has 0 unspecified atom stereocenters. The van der Waals surface area contributed by atoms with E-state index in [0.29, 0.717) is 31.1 Å². The second-order valence-electron chi connectivity index (χ2n) is 5.54. The second kappa shape index (κ2) is 8.52. The van der Waals surface area contributed by atoms with Crippen LogP contribution < -0.4 is 10.6 Å². The van der Waals surface area contributed by atoms with Gasteiger partial charge in [-0.05, 0) is 24.6 Å². The highest BCUT2D eigenvalue weighted by Crippen LogP contribution is 2.24. The number of anilines is 1. The molecule has 0 saturated heterocycles. The Morgan fingerprint density at radius 2 is 2.00 bits per heavy atom. The van der Waals surface area contributed by atoms with Crippen LogP contribution in [0.2, 0.25) is 0 Å². The van der Waals surface area contributed by atoms with Crippen molar-refractivity contribution in [3.63, 3.8) is 0 Å². The highest BCUT2D eigenvalue weighted by molar-refractivity contribution is 5.95. The van der Waals surface area contributed by atoms with E-state index in [1.807, 2.05) is 0 Å². The van der Waals surface area contributed by atoms with E-state index in [2.05, 4.69) is 25.6 Å². The monoisotopic (exact) mass is 367 g/mol. The molecule has 0 spiro atoms. The zero-order chi connectivity index (χ0) is 19.1. The van der Waals surface area contributed by atoms with Gasteiger partial charge >= 0.3 is 0 Å². The maximum atomic E-state index is 12.3. The number of rotatable bonds is 8. The highest BCUT2D eigenvalue weighted by Gasteiger charge is 2.18. The minimum Gasteiger partial charge on any atom is -0.354 e. The molecule has 10 heteroatoms. The third-order valence-electron chi connectivity index (χ3n) is 3.70. The third kappa shape index (κ3) is 4.63. The number of hydrogen-bond donors (Lipinski definition) is 2. The van der Waals surface area contributed by atoms with Crippen LogP contribution in [-0.4, -0.2) is 43.4 Å². The molecule has 3 rings (SSSR count). The predicted octanol–water partition coefficient (Wildman–Crippen LogP) is 1.80. The lowest BCUT2D eigenvalue weighted by atomic mass is 10.1. The molecule has 0 aliphatic carbocycles. The lowest BCUT2D eigenvalue weighted by molar-refractivity contribution is -0.384. The number of nitro groups is 1. The average molecular weight is 367 g/mol. The Hall–Kier alpha value is -3.82. The van der Waals surface area contributed by atoms with Gasteiger partial charge in [0.25, 0.3) is 11.6 Å². The highest BCUT2D eigenvalue weighted by atomic mass is 16.6. The molecule has 2 N–H and O–H groups in total. The van der Waals surface area contributed by atoms with Crippen LogP contribution >= 0.6 is 0 Å². The number of benzene rings is 1. The van der Waals surface area contributed by atoms with Gasteiger partial charge in [-0.3, -0.25) is 14.9 Å². The third-order valence-corrected chi connectivity index (χ3v) is 3.70. The maximum Gasteiger partial charge on any atom is 0.294 e. The van der Waals surface area contributed by atoms with E-state index in [1.54, 1.807) is 30.7 Å². The van der Waals surface area contributed by atoms with Gasteiger partial charge in [-0.2, -0.15) is 0 Å². The van der Waals surface area contributed by atoms with E-state index in [4.69, 9.17) is 0 Å². The average Bonchev–Trinajstić information content (AvgIpc) is 3.22. The summed E-state index contributed by atoms with van der Waals surface area (Å²) in [5.74, 6) is 0.154. The van der Waals surface area contributed by atoms with Crippen molar-refractivity contribution < 1.29 is 9.72 Å². The molecule has 10 nitrogen and oxygen atoms in total. The fourth-order valence-corrected chi connectivity index (χ4v) is 2.41. The smallest absolute Gasteiger partial charge is 0.294 e. The van der Waals surface area contributed by atoms with Gasteiger partial charge in [-0.15, -0.1) is 0 Å². The minimum absolute atomic E-state index is 0.163. The quantitative estimate of drug-likeness (QED) is 0.353. The van der Waals surface area contributed by atoms with Crippen molar-refractivity contribution in [1.82, 2.24) is 24.8 Å². The van der Waals surface area contributed by atoms with Crippen molar-refractivity contribution in [2.45, 2.75) is 6.42 Å². The Balaban J connectivity index is 1.56. The first-order chi connectivity index (χ1) is 13.1. The van der Waals surface area contributed by atoms with Crippen molar-refractivity contribution in [3.8, 4) is 5.69 Å². The van der Waals surface area contributed by atoms with Crippen molar-refractivity contribution in [3.05, 3.63) is 71.1 Å². The van der Waals surface area contributed by atoms with Crippen LogP contribution in [0.1, 0.15) is 16.8 Å². The van der Waals surface area contributed by atoms with Crippen LogP contribution in [0, 0.1) is 10.1 Å². The molecular formula is C17H17N7O3. The first-order valence-corrected chi connectivity index (χ1v) is 8.21. The summed E-state index contributed by atoms with van der Waals surface area (Å²) < 4.78 is 1.52. The number of amides is 1. The van der Waals surface area contributed by atoms with Gasteiger partial charge in [-0.25, -0.2) is 15.0 Å². The molecular weight excluding hydrogens is 350 g/mol. The molecule has 0 saturated carbocycles. The Morgan fingerprint density at radius 1 is 1.19 bits per heavy atom. The van der Waals surface area contributed by atoms with Crippen LogP contribution in [0.4, 0.5) is 11.6 Å². The van der Waals surface area contributed by atoms with Gasteiger partial charge in [0.1, 0.15) is 5.69 Å². The Labute approximate surface area is 154 Å². The van der Waals surface area contributed by atoms with Gasteiger partial charge in [0.15, 0.2) is 0 Å². The second-order valence-corrected chi connectivity index (χ2v) is 5.54.